The Morgan fingerprint density at radius 1 is 1.61 bits per heavy atom. The summed E-state index contributed by atoms with van der Waals surface area (Å²) < 4.78 is 12.0. The first kappa shape index (κ1) is 12.8. The maximum Gasteiger partial charge on any atom is 0.374 e. The molecule has 0 saturated carbocycles. The van der Waals surface area contributed by atoms with Gasteiger partial charge >= 0.3 is 5.97 Å². The highest BCUT2D eigenvalue weighted by atomic mass is 32.2. The topological polar surface area (TPSA) is 57.3 Å². The number of rotatable bonds is 4. The quantitative estimate of drug-likeness (QED) is 0.628. The zero-order valence-electron chi connectivity index (χ0n) is 10.5. The SMILES string of the molecule is COC(=O)c1oc(CSc2nccn2C)cc1C. The van der Waals surface area contributed by atoms with Crippen LogP contribution in [0.5, 0.6) is 0 Å². The maximum absolute atomic E-state index is 11.4. The molecule has 2 rings (SSSR count). The number of thioether (sulfide) groups is 1. The van der Waals surface area contributed by atoms with Gasteiger partial charge in [-0.1, -0.05) is 11.8 Å². The number of carbonyl (C=O) groups is 1. The van der Waals surface area contributed by atoms with Gasteiger partial charge in [0, 0.05) is 25.0 Å². The number of ether oxygens (including phenoxy) is 1. The molecular weight excluding hydrogens is 252 g/mol. The van der Waals surface area contributed by atoms with E-state index in [0.717, 1.165) is 16.5 Å². The van der Waals surface area contributed by atoms with Gasteiger partial charge in [0.25, 0.3) is 0 Å². The number of aryl methyl sites for hydroxylation is 2. The Balaban J connectivity index is 2.07. The molecule has 2 heterocycles. The summed E-state index contributed by atoms with van der Waals surface area (Å²) in [6.45, 7) is 1.82. The molecule has 18 heavy (non-hydrogen) atoms. The number of imidazole rings is 1. The molecule has 0 atom stereocenters. The van der Waals surface area contributed by atoms with Gasteiger partial charge in [0.15, 0.2) is 5.16 Å². The molecule has 6 heteroatoms. The van der Waals surface area contributed by atoms with Gasteiger partial charge in [0.1, 0.15) is 5.76 Å². The number of esters is 1. The first-order valence-corrected chi connectivity index (χ1v) is 6.38. The predicted molar refractivity (Wildman–Crippen MR) is 67.6 cm³/mol. The minimum atomic E-state index is -0.444. The van der Waals surface area contributed by atoms with Crippen LogP contribution in [-0.4, -0.2) is 22.6 Å². The molecule has 0 aliphatic rings. The van der Waals surface area contributed by atoms with Crippen molar-refractivity contribution in [1.82, 2.24) is 9.55 Å². The average Bonchev–Trinajstić information content (AvgIpc) is 2.92. The summed E-state index contributed by atoms with van der Waals surface area (Å²) in [6.07, 6.45) is 3.63. The van der Waals surface area contributed by atoms with Crippen molar-refractivity contribution in [2.75, 3.05) is 7.11 Å². The Kier molecular flexibility index (Phi) is 3.76. The molecule has 0 fully saturated rings. The van der Waals surface area contributed by atoms with Crippen LogP contribution in [-0.2, 0) is 17.5 Å². The second kappa shape index (κ2) is 5.30. The summed E-state index contributed by atoms with van der Waals surface area (Å²) in [6, 6.07) is 1.85. The summed E-state index contributed by atoms with van der Waals surface area (Å²) in [5, 5.41) is 0.906. The summed E-state index contributed by atoms with van der Waals surface area (Å²) >= 11 is 1.55. The Morgan fingerprint density at radius 2 is 2.39 bits per heavy atom. The predicted octanol–water partition coefficient (Wildman–Crippen LogP) is 2.40. The molecule has 0 bridgehead atoms. The van der Waals surface area contributed by atoms with E-state index in [4.69, 9.17) is 4.42 Å². The van der Waals surface area contributed by atoms with E-state index in [1.54, 1.807) is 18.0 Å². The number of aromatic nitrogens is 2. The zero-order chi connectivity index (χ0) is 13.1. The van der Waals surface area contributed by atoms with E-state index in [9.17, 15) is 4.79 Å². The zero-order valence-corrected chi connectivity index (χ0v) is 11.3. The summed E-state index contributed by atoms with van der Waals surface area (Å²) in [5.74, 6) is 1.19. The van der Waals surface area contributed by atoms with E-state index in [-0.39, 0.29) is 5.76 Å². The molecule has 0 aliphatic carbocycles. The van der Waals surface area contributed by atoms with E-state index >= 15 is 0 Å². The monoisotopic (exact) mass is 266 g/mol. The van der Waals surface area contributed by atoms with Gasteiger partial charge in [0.05, 0.1) is 12.9 Å². The molecule has 0 aromatic carbocycles. The van der Waals surface area contributed by atoms with Crippen LogP contribution in [0.25, 0.3) is 0 Å². The fraction of sp³-hybridized carbons (Fsp3) is 0.333. The number of nitrogens with zero attached hydrogens (tertiary/aromatic N) is 2. The number of hydrogen-bond acceptors (Lipinski definition) is 5. The number of methoxy groups -OCH3 is 1. The highest BCUT2D eigenvalue weighted by Crippen LogP contribution is 2.24. The lowest BCUT2D eigenvalue weighted by Crippen LogP contribution is -2.00. The Labute approximate surface area is 109 Å². The van der Waals surface area contributed by atoms with E-state index in [2.05, 4.69) is 9.72 Å². The molecule has 0 radical (unpaired) electrons. The normalized spacial score (nSPS) is 10.6. The van der Waals surface area contributed by atoms with Crippen LogP contribution in [0, 0.1) is 6.92 Å². The maximum atomic E-state index is 11.4. The fourth-order valence-corrected chi connectivity index (χ4v) is 2.35. The van der Waals surface area contributed by atoms with E-state index in [0.29, 0.717) is 5.75 Å². The minimum absolute atomic E-state index is 0.271. The van der Waals surface area contributed by atoms with E-state index in [1.165, 1.54) is 7.11 Å². The highest BCUT2D eigenvalue weighted by Gasteiger charge is 2.16. The van der Waals surface area contributed by atoms with Gasteiger partial charge < -0.3 is 13.7 Å². The standard InChI is InChI=1S/C12H14N2O3S/c1-8-6-9(17-10(8)11(15)16-3)7-18-12-13-4-5-14(12)2/h4-6H,7H2,1-3H3. The molecule has 0 aliphatic heterocycles. The Morgan fingerprint density at radius 3 is 3.00 bits per heavy atom. The fourth-order valence-electron chi connectivity index (χ4n) is 1.54. The van der Waals surface area contributed by atoms with E-state index in [1.807, 2.05) is 30.8 Å². The summed E-state index contributed by atoms with van der Waals surface area (Å²) in [7, 11) is 3.27. The molecule has 0 spiro atoms. The molecule has 0 unspecified atom stereocenters. The van der Waals surface area contributed by atoms with Crippen molar-refractivity contribution >= 4 is 17.7 Å². The lowest BCUT2D eigenvalue weighted by molar-refractivity contribution is 0.0562. The van der Waals surface area contributed by atoms with Crippen molar-refractivity contribution in [3.05, 3.63) is 35.5 Å². The van der Waals surface area contributed by atoms with Crippen LogP contribution in [0.3, 0.4) is 0 Å². The lowest BCUT2D eigenvalue weighted by atomic mass is 10.3. The van der Waals surface area contributed by atoms with Crippen molar-refractivity contribution < 1.29 is 13.9 Å². The van der Waals surface area contributed by atoms with Crippen LogP contribution in [0.15, 0.2) is 28.0 Å². The first-order valence-electron chi connectivity index (χ1n) is 5.39. The second-order valence-electron chi connectivity index (χ2n) is 3.83. The van der Waals surface area contributed by atoms with Crippen molar-refractivity contribution in [2.24, 2.45) is 7.05 Å². The third-order valence-electron chi connectivity index (χ3n) is 2.46. The van der Waals surface area contributed by atoms with Crippen LogP contribution in [0.4, 0.5) is 0 Å². The molecular formula is C12H14N2O3S. The molecule has 0 saturated heterocycles. The summed E-state index contributed by atoms with van der Waals surface area (Å²) in [4.78, 5) is 15.6. The first-order chi connectivity index (χ1) is 8.61. The molecule has 96 valence electrons. The average molecular weight is 266 g/mol. The van der Waals surface area contributed by atoms with Crippen molar-refractivity contribution in [1.29, 1.82) is 0 Å². The number of hydrogen-bond donors (Lipinski definition) is 0. The van der Waals surface area contributed by atoms with Crippen LogP contribution in [0.1, 0.15) is 21.9 Å². The number of furan rings is 1. The van der Waals surface area contributed by atoms with Gasteiger partial charge in [-0.05, 0) is 13.0 Å². The van der Waals surface area contributed by atoms with Crippen molar-refractivity contribution in [3.8, 4) is 0 Å². The minimum Gasteiger partial charge on any atom is -0.463 e. The largest absolute Gasteiger partial charge is 0.463 e. The van der Waals surface area contributed by atoms with Crippen LogP contribution >= 0.6 is 11.8 Å². The van der Waals surface area contributed by atoms with E-state index < -0.39 is 5.97 Å². The third-order valence-corrected chi connectivity index (χ3v) is 3.54. The number of carbonyl (C=O) groups excluding carboxylic acids is 1. The van der Waals surface area contributed by atoms with Gasteiger partial charge in [-0.25, -0.2) is 9.78 Å². The van der Waals surface area contributed by atoms with Gasteiger partial charge in [-0.15, -0.1) is 0 Å². The van der Waals surface area contributed by atoms with Gasteiger partial charge in [0.2, 0.25) is 5.76 Å². The molecule has 0 amide bonds. The smallest absolute Gasteiger partial charge is 0.374 e. The molecule has 5 nitrogen and oxygen atoms in total. The lowest BCUT2D eigenvalue weighted by Gasteiger charge is -1.99. The molecule has 2 aromatic heterocycles. The van der Waals surface area contributed by atoms with Crippen molar-refractivity contribution in [3.63, 3.8) is 0 Å². The third kappa shape index (κ3) is 2.59. The van der Waals surface area contributed by atoms with Gasteiger partial charge in [-0.2, -0.15) is 0 Å². The Hall–Kier alpha value is -1.69. The highest BCUT2D eigenvalue weighted by molar-refractivity contribution is 7.98. The van der Waals surface area contributed by atoms with Crippen LogP contribution in [0.2, 0.25) is 0 Å². The van der Waals surface area contributed by atoms with Gasteiger partial charge in [-0.3, -0.25) is 0 Å². The molecule has 2 aromatic rings. The van der Waals surface area contributed by atoms with Crippen LogP contribution < -0.4 is 0 Å². The Bertz CT molecular complexity index is 559. The summed E-state index contributed by atoms with van der Waals surface area (Å²) in [5.41, 5.74) is 0.789. The second-order valence-corrected chi connectivity index (χ2v) is 4.77. The molecule has 0 N–H and O–H groups in total. The van der Waals surface area contributed by atoms with Crippen molar-refractivity contribution in [2.45, 2.75) is 17.8 Å².